The van der Waals surface area contributed by atoms with Gasteiger partial charge >= 0.3 is 0 Å². The quantitative estimate of drug-likeness (QED) is 0.183. The molecule has 3 heterocycles. The van der Waals surface area contributed by atoms with Gasteiger partial charge in [-0.1, -0.05) is 103 Å². The number of para-hydroxylation sites is 4. The average Bonchev–Trinajstić information content (AvgIpc) is 3.88. The Labute approximate surface area is 299 Å². The summed E-state index contributed by atoms with van der Waals surface area (Å²) >= 11 is 0. The molecule has 0 unspecified atom stereocenters. The fraction of sp³-hybridized carbons (Fsp3) is 0. The smallest absolute Gasteiger partial charge is 0.137 e. The summed E-state index contributed by atoms with van der Waals surface area (Å²) in [5.74, 6) is 0. The highest BCUT2D eigenvalue weighted by molar-refractivity contribution is 6.13. The SMILES string of the molecule is c1ccc(-n2c3ccccc3c3ccc(N(c4ccc(-c5cccc6oc7ccccc7c56)cc4)c4ccc5c(c4)oc4ccccc45)cc32)cc1. The largest absolute Gasteiger partial charge is 0.456 e. The first-order chi connectivity index (χ1) is 25.8. The predicted octanol–water partition coefficient (Wildman–Crippen LogP) is 13.7. The third-order valence-electron chi connectivity index (χ3n) is 10.4. The van der Waals surface area contributed by atoms with E-state index in [1.807, 2.05) is 30.3 Å². The van der Waals surface area contributed by atoms with Crippen LogP contribution in [0.2, 0.25) is 0 Å². The molecule has 0 N–H and O–H groups in total. The molecule has 0 saturated carbocycles. The molecule has 0 bridgehead atoms. The number of benzene rings is 8. The standard InChI is InChI=1S/C48H30N2O2/c1-2-11-32(12-3-1)50-42-17-7-4-13-37(42)38-27-25-34(29-43(38)50)49(35-26-28-40-39-14-5-8-18-44(39)52-47(40)30-35)33-23-21-31(22-24-33)36-16-10-20-46-48(36)41-15-6-9-19-45(41)51-46/h1-30H. The summed E-state index contributed by atoms with van der Waals surface area (Å²) in [4.78, 5) is 2.33. The van der Waals surface area contributed by atoms with Crippen molar-refractivity contribution in [2.24, 2.45) is 0 Å². The van der Waals surface area contributed by atoms with Crippen molar-refractivity contribution in [3.05, 3.63) is 182 Å². The first kappa shape index (κ1) is 28.8. The van der Waals surface area contributed by atoms with Gasteiger partial charge < -0.3 is 18.3 Å². The molecule has 0 saturated heterocycles. The molecule has 8 aromatic carbocycles. The zero-order valence-electron chi connectivity index (χ0n) is 28.0. The number of furan rings is 2. The minimum Gasteiger partial charge on any atom is -0.456 e. The van der Waals surface area contributed by atoms with Gasteiger partial charge in [0.05, 0.1) is 11.0 Å². The highest BCUT2D eigenvalue weighted by Crippen LogP contribution is 2.43. The fourth-order valence-corrected chi connectivity index (χ4v) is 8.06. The van der Waals surface area contributed by atoms with Crippen LogP contribution < -0.4 is 4.90 Å². The number of aromatic nitrogens is 1. The molecule has 11 aromatic rings. The van der Waals surface area contributed by atoms with E-state index in [0.717, 1.165) is 83.3 Å². The van der Waals surface area contributed by atoms with Crippen LogP contribution in [-0.2, 0) is 0 Å². The van der Waals surface area contributed by atoms with Crippen LogP contribution in [0.1, 0.15) is 0 Å². The highest BCUT2D eigenvalue weighted by Gasteiger charge is 2.20. The van der Waals surface area contributed by atoms with Crippen LogP contribution in [-0.4, -0.2) is 4.57 Å². The molecule has 4 nitrogen and oxygen atoms in total. The average molecular weight is 667 g/mol. The maximum atomic E-state index is 6.41. The summed E-state index contributed by atoms with van der Waals surface area (Å²) in [6.45, 7) is 0. The first-order valence-electron chi connectivity index (χ1n) is 17.6. The van der Waals surface area contributed by atoms with Gasteiger partial charge in [-0.15, -0.1) is 0 Å². The number of hydrogen-bond donors (Lipinski definition) is 0. The maximum absolute atomic E-state index is 6.41. The molecule has 0 amide bonds. The second-order valence-electron chi connectivity index (χ2n) is 13.3. The first-order valence-corrected chi connectivity index (χ1v) is 17.6. The lowest BCUT2D eigenvalue weighted by Crippen LogP contribution is -2.10. The third-order valence-corrected chi connectivity index (χ3v) is 10.4. The molecule has 0 aliphatic heterocycles. The molecule has 11 rings (SSSR count). The lowest BCUT2D eigenvalue weighted by molar-refractivity contribution is 0.668. The van der Waals surface area contributed by atoms with Crippen LogP contribution in [0, 0.1) is 0 Å². The normalized spacial score (nSPS) is 11.8. The van der Waals surface area contributed by atoms with E-state index in [4.69, 9.17) is 8.83 Å². The number of fused-ring (bicyclic) bond motifs is 9. The van der Waals surface area contributed by atoms with Gasteiger partial charge in [0.2, 0.25) is 0 Å². The van der Waals surface area contributed by atoms with Crippen molar-refractivity contribution >= 4 is 82.7 Å². The van der Waals surface area contributed by atoms with Crippen LogP contribution in [0.4, 0.5) is 17.1 Å². The summed E-state index contributed by atoms with van der Waals surface area (Å²) < 4.78 is 15.0. The van der Waals surface area contributed by atoms with E-state index in [1.54, 1.807) is 0 Å². The van der Waals surface area contributed by atoms with E-state index in [0.29, 0.717) is 0 Å². The van der Waals surface area contributed by atoms with Gasteiger partial charge in [-0.2, -0.15) is 0 Å². The zero-order chi connectivity index (χ0) is 34.2. The highest BCUT2D eigenvalue weighted by atomic mass is 16.3. The molecule has 0 spiro atoms. The van der Waals surface area contributed by atoms with E-state index < -0.39 is 0 Å². The van der Waals surface area contributed by atoms with Crippen LogP contribution in [0.5, 0.6) is 0 Å². The fourth-order valence-electron chi connectivity index (χ4n) is 8.06. The zero-order valence-corrected chi connectivity index (χ0v) is 28.0. The van der Waals surface area contributed by atoms with Gasteiger partial charge in [0.15, 0.2) is 0 Å². The van der Waals surface area contributed by atoms with Gasteiger partial charge in [0.1, 0.15) is 22.3 Å². The van der Waals surface area contributed by atoms with Gasteiger partial charge in [0, 0.05) is 61.1 Å². The van der Waals surface area contributed by atoms with Crippen molar-refractivity contribution in [1.29, 1.82) is 0 Å². The van der Waals surface area contributed by atoms with Crippen molar-refractivity contribution in [1.82, 2.24) is 4.57 Å². The molecular weight excluding hydrogens is 637 g/mol. The Hall–Kier alpha value is -7.04. The number of rotatable bonds is 5. The minimum absolute atomic E-state index is 0.860. The van der Waals surface area contributed by atoms with Crippen molar-refractivity contribution in [3.8, 4) is 16.8 Å². The lowest BCUT2D eigenvalue weighted by Gasteiger charge is -2.26. The molecular formula is C48H30N2O2. The van der Waals surface area contributed by atoms with E-state index in [1.165, 1.54) is 16.3 Å². The molecule has 244 valence electrons. The molecule has 52 heavy (non-hydrogen) atoms. The van der Waals surface area contributed by atoms with Crippen LogP contribution in [0.3, 0.4) is 0 Å². The topological polar surface area (TPSA) is 34.5 Å². The Kier molecular flexibility index (Phi) is 6.22. The second-order valence-corrected chi connectivity index (χ2v) is 13.3. The van der Waals surface area contributed by atoms with E-state index in [2.05, 4.69) is 161 Å². The van der Waals surface area contributed by atoms with Gasteiger partial charge in [-0.25, -0.2) is 0 Å². The Balaban J connectivity index is 1.12. The molecule has 4 heteroatoms. The lowest BCUT2D eigenvalue weighted by atomic mass is 9.99. The summed E-state index contributed by atoms with van der Waals surface area (Å²) in [5.41, 5.74) is 12.4. The second kappa shape index (κ2) is 11.2. The molecule has 3 aromatic heterocycles. The Morgan fingerprint density at radius 2 is 0.942 bits per heavy atom. The molecule has 0 aliphatic carbocycles. The van der Waals surface area contributed by atoms with Crippen molar-refractivity contribution in [3.63, 3.8) is 0 Å². The molecule has 0 atom stereocenters. The van der Waals surface area contributed by atoms with E-state index in [9.17, 15) is 0 Å². The van der Waals surface area contributed by atoms with Crippen molar-refractivity contribution < 1.29 is 8.83 Å². The van der Waals surface area contributed by atoms with E-state index >= 15 is 0 Å². The van der Waals surface area contributed by atoms with Crippen LogP contribution in [0.15, 0.2) is 191 Å². The number of hydrogen-bond acceptors (Lipinski definition) is 3. The van der Waals surface area contributed by atoms with Crippen LogP contribution in [0.25, 0.3) is 82.5 Å². The summed E-state index contributed by atoms with van der Waals surface area (Å²) in [5, 5.41) is 6.93. The monoisotopic (exact) mass is 666 g/mol. The Bertz CT molecular complexity index is 3130. The Morgan fingerprint density at radius 1 is 0.365 bits per heavy atom. The van der Waals surface area contributed by atoms with E-state index in [-0.39, 0.29) is 0 Å². The van der Waals surface area contributed by atoms with Gasteiger partial charge in [-0.3, -0.25) is 0 Å². The maximum Gasteiger partial charge on any atom is 0.137 e. The minimum atomic E-state index is 0.860. The summed E-state index contributed by atoms with van der Waals surface area (Å²) in [7, 11) is 0. The predicted molar refractivity (Wildman–Crippen MR) is 215 cm³/mol. The van der Waals surface area contributed by atoms with Crippen molar-refractivity contribution in [2.75, 3.05) is 4.90 Å². The third kappa shape index (κ3) is 4.34. The van der Waals surface area contributed by atoms with Crippen molar-refractivity contribution in [2.45, 2.75) is 0 Å². The van der Waals surface area contributed by atoms with Gasteiger partial charge in [0.25, 0.3) is 0 Å². The molecule has 0 aliphatic rings. The van der Waals surface area contributed by atoms with Gasteiger partial charge in [-0.05, 0) is 83.9 Å². The molecule has 0 fully saturated rings. The van der Waals surface area contributed by atoms with Crippen LogP contribution >= 0.6 is 0 Å². The summed E-state index contributed by atoms with van der Waals surface area (Å²) in [6.07, 6.45) is 0. The Morgan fingerprint density at radius 3 is 1.77 bits per heavy atom. The summed E-state index contributed by atoms with van der Waals surface area (Å²) in [6, 6.07) is 64.3. The molecule has 0 radical (unpaired) electrons. The number of anilines is 3. The number of nitrogens with zero attached hydrogens (tertiary/aromatic N) is 2.